The average Bonchev–Trinajstić information content (AvgIpc) is 2.79. The summed E-state index contributed by atoms with van der Waals surface area (Å²) in [5.41, 5.74) is 6.05. The highest BCUT2D eigenvalue weighted by Gasteiger charge is 2.44. The van der Waals surface area contributed by atoms with E-state index >= 15 is 0 Å². The number of halogens is 1. The van der Waals surface area contributed by atoms with Crippen LogP contribution in [0.5, 0.6) is 0 Å². The number of anilines is 2. The van der Waals surface area contributed by atoms with Gasteiger partial charge in [-0.15, -0.1) is 0 Å². The summed E-state index contributed by atoms with van der Waals surface area (Å²) in [6.45, 7) is 3.45. The number of thiol groups is 1. The van der Waals surface area contributed by atoms with E-state index in [2.05, 4.69) is 19.7 Å². The van der Waals surface area contributed by atoms with Gasteiger partial charge in [-0.25, -0.2) is 13.5 Å². The smallest absolute Gasteiger partial charge is 0.329 e. The van der Waals surface area contributed by atoms with Gasteiger partial charge in [-0.3, -0.25) is 4.79 Å². The molecule has 2 aromatic rings. The van der Waals surface area contributed by atoms with Gasteiger partial charge < -0.3 is 15.4 Å². The Hall–Kier alpha value is -2.74. The summed E-state index contributed by atoms with van der Waals surface area (Å²) in [6.07, 6.45) is 2.81. The monoisotopic (exact) mass is 445 g/mol. The molecule has 3 rings (SSSR count). The molecule has 0 unspecified atom stereocenters. The van der Waals surface area contributed by atoms with Crippen molar-refractivity contribution in [1.29, 1.82) is 0 Å². The highest BCUT2D eigenvalue weighted by molar-refractivity contribution is 7.82. The van der Waals surface area contributed by atoms with Crippen LogP contribution in [-0.4, -0.2) is 31.7 Å². The number of nitrogens with zero attached hydrogens (tertiary/aromatic N) is 2. The van der Waals surface area contributed by atoms with Crippen LogP contribution in [0.4, 0.5) is 20.6 Å². The van der Waals surface area contributed by atoms with Gasteiger partial charge in [0.15, 0.2) is 0 Å². The van der Waals surface area contributed by atoms with Gasteiger partial charge in [0.05, 0.1) is 23.4 Å². The van der Waals surface area contributed by atoms with E-state index in [1.165, 1.54) is 6.07 Å². The van der Waals surface area contributed by atoms with Crippen molar-refractivity contribution < 1.29 is 18.7 Å². The van der Waals surface area contributed by atoms with Gasteiger partial charge >= 0.3 is 12.0 Å². The molecule has 166 valence electrons. The number of hydrogen-bond acceptors (Lipinski definition) is 5. The number of unbranched alkanes of at least 4 members (excludes halogenated alkanes) is 1. The van der Waals surface area contributed by atoms with Gasteiger partial charge in [0.25, 0.3) is 0 Å². The Bertz CT molecular complexity index is 918. The molecule has 6 nitrogen and oxygen atoms in total. The second kappa shape index (κ2) is 10.0. The number of carbonyl (C=O) groups excluding carboxylic acids is 2. The maximum absolute atomic E-state index is 14.8. The minimum Gasteiger partial charge on any atom is -0.465 e. The van der Waals surface area contributed by atoms with E-state index in [0.717, 1.165) is 22.7 Å². The lowest BCUT2D eigenvalue weighted by molar-refractivity contribution is -0.151. The molecule has 31 heavy (non-hydrogen) atoms. The minimum atomic E-state index is -0.789. The number of rotatable bonds is 7. The third kappa shape index (κ3) is 4.95. The molecule has 0 radical (unpaired) electrons. The molecule has 1 aliphatic heterocycles. The quantitative estimate of drug-likeness (QED) is 0.375. The maximum Gasteiger partial charge on any atom is 0.329 e. The molecule has 2 N–H and O–H groups in total. The second-order valence-electron chi connectivity index (χ2n) is 7.71. The third-order valence-electron chi connectivity index (χ3n) is 5.79. The van der Waals surface area contributed by atoms with E-state index in [0.29, 0.717) is 38.2 Å². The third-order valence-corrected chi connectivity index (χ3v) is 6.22. The highest BCUT2D eigenvalue weighted by Crippen LogP contribution is 2.39. The molecule has 8 heteroatoms. The van der Waals surface area contributed by atoms with Crippen molar-refractivity contribution in [2.45, 2.75) is 38.0 Å². The molecular weight excluding hydrogens is 417 g/mol. The largest absolute Gasteiger partial charge is 0.465 e. The Morgan fingerprint density at radius 2 is 1.87 bits per heavy atom. The summed E-state index contributed by atoms with van der Waals surface area (Å²) in [5.74, 6) is -0.690. The van der Waals surface area contributed by atoms with Crippen molar-refractivity contribution in [2.75, 3.05) is 28.9 Å². The number of carbonyl (C=O) groups is 2. The van der Waals surface area contributed by atoms with Crippen LogP contribution in [0.25, 0.3) is 0 Å². The van der Waals surface area contributed by atoms with Gasteiger partial charge in [0, 0.05) is 19.2 Å². The topological polar surface area (TPSA) is 75.9 Å². The minimum absolute atomic E-state index is 0.213. The zero-order chi connectivity index (χ0) is 22.4. The molecule has 2 amide bonds. The highest BCUT2D eigenvalue weighted by atomic mass is 32.1. The molecule has 2 aromatic carbocycles. The van der Waals surface area contributed by atoms with E-state index in [4.69, 9.17) is 10.5 Å². The Balaban J connectivity index is 1.79. The Labute approximate surface area is 187 Å². The van der Waals surface area contributed by atoms with E-state index in [1.807, 2.05) is 35.2 Å². The van der Waals surface area contributed by atoms with Crippen LogP contribution in [0.2, 0.25) is 0 Å². The molecular formula is C23H28FN3O3S. The number of ether oxygens (including phenoxy) is 1. The molecule has 1 fully saturated rings. The van der Waals surface area contributed by atoms with Crippen LogP contribution in [0, 0.1) is 5.82 Å². The zero-order valence-electron chi connectivity index (χ0n) is 17.6. The number of amides is 2. The van der Waals surface area contributed by atoms with Gasteiger partial charge in [-0.2, -0.15) is 0 Å². The molecule has 1 saturated heterocycles. The number of nitrogens with two attached hydrogens (primary N) is 1. The molecule has 0 aromatic heterocycles. The first-order valence-corrected chi connectivity index (χ1v) is 10.8. The lowest BCUT2D eigenvalue weighted by atomic mass is 9.72. The van der Waals surface area contributed by atoms with E-state index in [-0.39, 0.29) is 11.7 Å². The molecule has 1 heterocycles. The van der Waals surface area contributed by atoms with Crippen molar-refractivity contribution in [3.8, 4) is 0 Å². The van der Waals surface area contributed by atoms with Gasteiger partial charge in [-0.05, 0) is 37.0 Å². The summed E-state index contributed by atoms with van der Waals surface area (Å²) in [4.78, 5) is 26.3. The Kier molecular flexibility index (Phi) is 7.43. The van der Waals surface area contributed by atoms with Crippen molar-refractivity contribution in [1.82, 2.24) is 0 Å². The van der Waals surface area contributed by atoms with Crippen molar-refractivity contribution >= 4 is 36.2 Å². The van der Waals surface area contributed by atoms with Crippen molar-refractivity contribution in [3.63, 3.8) is 0 Å². The van der Waals surface area contributed by atoms with Crippen LogP contribution in [0.1, 0.15) is 38.2 Å². The lowest BCUT2D eigenvalue weighted by Gasteiger charge is -2.41. The first kappa shape index (κ1) is 22.9. The number of urea groups is 1. The Morgan fingerprint density at radius 1 is 1.19 bits per heavy atom. The summed E-state index contributed by atoms with van der Waals surface area (Å²) in [6, 6.07) is 13.3. The van der Waals surface area contributed by atoms with Crippen LogP contribution >= 0.6 is 12.8 Å². The van der Waals surface area contributed by atoms with E-state index in [1.54, 1.807) is 12.1 Å². The van der Waals surface area contributed by atoms with Crippen molar-refractivity contribution in [3.05, 3.63) is 59.9 Å². The zero-order valence-corrected chi connectivity index (χ0v) is 18.5. The SMILES string of the molecule is CCCCOC(=O)C1(c2ccccc2)CCN(c2ccc(N(S)C(N)=O)cc2F)CC1. The fraction of sp³-hybridized carbons (Fsp3) is 0.391. The summed E-state index contributed by atoms with van der Waals surface area (Å²) in [5, 5.41) is 0. The maximum atomic E-state index is 14.8. The summed E-state index contributed by atoms with van der Waals surface area (Å²) >= 11 is 3.97. The molecule has 0 aliphatic carbocycles. The molecule has 0 bridgehead atoms. The summed E-state index contributed by atoms with van der Waals surface area (Å²) < 4.78 is 21.3. The first-order chi connectivity index (χ1) is 14.9. The van der Waals surface area contributed by atoms with Crippen molar-refractivity contribution in [2.24, 2.45) is 5.73 Å². The molecule has 0 atom stereocenters. The molecule has 0 spiro atoms. The van der Waals surface area contributed by atoms with Gasteiger partial charge in [0.2, 0.25) is 0 Å². The molecule has 0 saturated carbocycles. The van der Waals surface area contributed by atoms with E-state index in [9.17, 15) is 14.0 Å². The normalized spacial score (nSPS) is 15.4. The predicted molar refractivity (Wildman–Crippen MR) is 123 cm³/mol. The fourth-order valence-electron chi connectivity index (χ4n) is 3.96. The Morgan fingerprint density at radius 3 is 2.45 bits per heavy atom. The average molecular weight is 446 g/mol. The van der Waals surface area contributed by atoms with Gasteiger partial charge in [-0.1, -0.05) is 56.5 Å². The predicted octanol–water partition coefficient (Wildman–Crippen LogP) is 4.44. The standard InChI is InChI=1S/C23H28FN3O3S/c1-2-3-15-30-21(28)23(17-7-5-4-6-8-17)11-13-26(14-12-23)20-10-9-18(16-19(20)24)27(31)22(25)29/h4-10,16,31H,2-3,11-15H2,1H3,(H2,25,29). The van der Waals surface area contributed by atoms with E-state index < -0.39 is 17.3 Å². The van der Waals surface area contributed by atoms with Crippen LogP contribution < -0.4 is 14.9 Å². The number of primary amides is 1. The van der Waals surface area contributed by atoms with Gasteiger partial charge in [0.1, 0.15) is 5.82 Å². The number of piperidine rings is 1. The lowest BCUT2D eigenvalue weighted by Crippen LogP contribution is -2.48. The number of benzene rings is 2. The second-order valence-corrected chi connectivity index (χ2v) is 8.11. The first-order valence-electron chi connectivity index (χ1n) is 10.4. The van der Waals surface area contributed by atoms with Crippen LogP contribution in [0.15, 0.2) is 48.5 Å². The fourth-order valence-corrected chi connectivity index (χ4v) is 4.08. The number of hydrogen-bond donors (Lipinski definition) is 2. The van der Waals surface area contributed by atoms with Crippen LogP contribution in [-0.2, 0) is 14.9 Å². The summed E-state index contributed by atoms with van der Waals surface area (Å²) in [7, 11) is 0. The number of esters is 1. The molecule has 1 aliphatic rings. The van der Waals surface area contributed by atoms with Crippen LogP contribution in [0.3, 0.4) is 0 Å².